The van der Waals surface area contributed by atoms with E-state index in [0.29, 0.717) is 0 Å². The van der Waals surface area contributed by atoms with E-state index in [2.05, 4.69) is 49.4 Å². The molecular formula is C8H20N2Si. The molecule has 11 heavy (non-hydrogen) atoms. The highest BCUT2D eigenvalue weighted by atomic mass is 28.3. The first kappa shape index (κ1) is 10.9. The van der Waals surface area contributed by atoms with Crippen LogP contribution in [0.4, 0.5) is 0 Å². The van der Waals surface area contributed by atoms with Gasteiger partial charge in [0.1, 0.15) is 0 Å². The fourth-order valence-corrected chi connectivity index (χ4v) is 3.21. The average Bonchev–Trinajstić information content (AvgIpc) is 2.05. The molecule has 0 saturated heterocycles. The van der Waals surface area contributed by atoms with Gasteiger partial charge in [0.25, 0.3) is 0 Å². The summed E-state index contributed by atoms with van der Waals surface area (Å²) in [5, 5.41) is 0. The van der Waals surface area contributed by atoms with Gasteiger partial charge in [-0.25, -0.2) is 0 Å². The molecule has 0 aromatic carbocycles. The first-order valence-electron chi connectivity index (χ1n) is 4.20. The summed E-state index contributed by atoms with van der Waals surface area (Å²) in [7, 11) is 3.37. The van der Waals surface area contributed by atoms with Crippen LogP contribution in [-0.4, -0.2) is 45.4 Å². The van der Waals surface area contributed by atoms with E-state index >= 15 is 0 Å². The topological polar surface area (TPSA) is 6.48 Å². The van der Waals surface area contributed by atoms with E-state index in [4.69, 9.17) is 0 Å². The van der Waals surface area contributed by atoms with Crippen molar-refractivity contribution in [3.8, 4) is 0 Å². The van der Waals surface area contributed by atoms with Crippen LogP contribution in [0.1, 0.15) is 13.8 Å². The molecule has 0 unspecified atom stereocenters. The van der Waals surface area contributed by atoms with Crippen LogP contribution in [0.5, 0.6) is 0 Å². The van der Waals surface area contributed by atoms with Gasteiger partial charge in [-0.15, -0.1) is 6.58 Å². The fraction of sp³-hybridized carbons (Fsp3) is 0.750. The predicted molar refractivity (Wildman–Crippen MR) is 54.0 cm³/mol. The van der Waals surface area contributed by atoms with Crippen LogP contribution in [0.2, 0.25) is 0 Å². The highest BCUT2D eigenvalue weighted by Gasteiger charge is 2.15. The molecule has 66 valence electrons. The standard InChI is InChI=1S/C8H20N2Si/c1-6-9(4)11(8-3)10(5)7-2/h8,11H,3,6-7H2,1-2,4-5H3. The molecule has 0 bridgehead atoms. The first-order valence-corrected chi connectivity index (χ1v) is 5.90. The Labute approximate surface area is 72.3 Å². The predicted octanol–water partition coefficient (Wildman–Crippen LogP) is 0.835. The van der Waals surface area contributed by atoms with Crippen molar-refractivity contribution < 1.29 is 0 Å². The molecule has 3 heteroatoms. The van der Waals surface area contributed by atoms with Gasteiger partial charge in [-0.2, -0.15) is 0 Å². The van der Waals surface area contributed by atoms with Crippen molar-refractivity contribution >= 4 is 9.12 Å². The van der Waals surface area contributed by atoms with E-state index in [1.165, 1.54) is 0 Å². The van der Waals surface area contributed by atoms with Crippen molar-refractivity contribution in [2.45, 2.75) is 13.8 Å². The maximum atomic E-state index is 3.88. The molecule has 0 aliphatic heterocycles. The highest BCUT2D eigenvalue weighted by molar-refractivity contribution is 6.58. The Morgan fingerprint density at radius 1 is 1.18 bits per heavy atom. The molecule has 0 fully saturated rings. The van der Waals surface area contributed by atoms with Crippen molar-refractivity contribution in [1.82, 2.24) is 9.13 Å². The molecule has 0 saturated carbocycles. The third-order valence-electron chi connectivity index (χ3n) is 2.11. The van der Waals surface area contributed by atoms with Crippen LogP contribution in [0.25, 0.3) is 0 Å². The van der Waals surface area contributed by atoms with Crippen LogP contribution in [-0.2, 0) is 0 Å². The molecule has 0 amide bonds. The van der Waals surface area contributed by atoms with E-state index in [-0.39, 0.29) is 0 Å². The average molecular weight is 172 g/mol. The maximum absolute atomic E-state index is 3.88. The third kappa shape index (κ3) is 3.18. The smallest absolute Gasteiger partial charge is 0.214 e. The summed E-state index contributed by atoms with van der Waals surface area (Å²) in [4.78, 5) is 0. The van der Waals surface area contributed by atoms with Gasteiger partial charge in [0.15, 0.2) is 0 Å². The quantitative estimate of drug-likeness (QED) is 0.567. The summed E-state index contributed by atoms with van der Waals surface area (Å²) in [5.74, 6) is 0. The number of rotatable bonds is 5. The molecule has 0 aromatic rings. The van der Waals surface area contributed by atoms with E-state index in [1.54, 1.807) is 0 Å². The monoisotopic (exact) mass is 172 g/mol. The minimum Gasteiger partial charge on any atom is -0.314 e. The van der Waals surface area contributed by atoms with Crippen molar-refractivity contribution in [3.05, 3.63) is 12.3 Å². The normalized spacial score (nSPS) is 11.5. The SMILES string of the molecule is C=C[SiH](N(C)CC)N(C)CC. The molecule has 0 aliphatic carbocycles. The summed E-state index contributed by atoms with van der Waals surface area (Å²) in [6.45, 7) is 10.5. The number of hydrogen-bond donors (Lipinski definition) is 0. The Kier molecular flexibility index (Phi) is 5.46. The lowest BCUT2D eigenvalue weighted by Crippen LogP contribution is -2.47. The Morgan fingerprint density at radius 3 is 1.73 bits per heavy atom. The lowest BCUT2D eigenvalue weighted by atomic mass is 10.8. The zero-order valence-electron chi connectivity index (χ0n) is 8.17. The maximum Gasteiger partial charge on any atom is 0.214 e. The van der Waals surface area contributed by atoms with E-state index in [9.17, 15) is 0 Å². The van der Waals surface area contributed by atoms with Gasteiger partial charge in [-0.05, 0) is 27.2 Å². The molecule has 0 aromatic heterocycles. The Balaban J connectivity index is 4.03. The van der Waals surface area contributed by atoms with E-state index < -0.39 is 9.12 Å². The molecule has 0 atom stereocenters. The molecule has 2 nitrogen and oxygen atoms in total. The van der Waals surface area contributed by atoms with Gasteiger partial charge in [-0.3, -0.25) is 0 Å². The Bertz CT molecular complexity index is 107. The molecule has 0 heterocycles. The Morgan fingerprint density at radius 2 is 1.55 bits per heavy atom. The van der Waals surface area contributed by atoms with Crippen LogP contribution in [0, 0.1) is 0 Å². The van der Waals surface area contributed by atoms with Gasteiger partial charge >= 0.3 is 0 Å². The second-order valence-electron chi connectivity index (χ2n) is 2.80. The largest absolute Gasteiger partial charge is 0.314 e. The van der Waals surface area contributed by atoms with Crippen molar-refractivity contribution in [2.24, 2.45) is 0 Å². The second-order valence-corrected chi connectivity index (χ2v) is 5.86. The number of hydrogen-bond acceptors (Lipinski definition) is 2. The Hall–Kier alpha value is -0.123. The molecule has 0 spiro atoms. The molecule has 0 aliphatic rings. The number of nitrogens with zero attached hydrogens (tertiary/aromatic N) is 2. The summed E-state index contributed by atoms with van der Waals surface area (Å²) in [6.07, 6.45) is 0. The summed E-state index contributed by atoms with van der Waals surface area (Å²) in [5.41, 5.74) is 2.12. The van der Waals surface area contributed by atoms with E-state index in [0.717, 1.165) is 13.1 Å². The van der Waals surface area contributed by atoms with Gasteiger partial charge in [-0.1, -0.05) is 19.5 Å². The molecule has 0 rings (SSSR count). The van der Waals surface area contributed by atoms with Gasteiger partial charge < -0.3 is 9.13 Å². The van der Waals surface area contributed by atoms with E-state index in [1.807, 2.05) is 0 Å². The summed E-state index contributed by atoms with van der Waals surface area (Å²) in [6, 6.07) is 0. The lowest BCUT2D eigenvalue weighted by molar-refractivity contribution is 0.451. The van der Waals surface area contributed by atoms with Crippen LogP contribution in [0.3, 0.4) is 0 Å². The van der Waals surface area contributed by atoms with Crippen molar-refractivity contribution in [2.75, 3.05) is 27.2 Å². The fourth-order valence-electron chi connectivity index (χ4n) is 1.07. The second kappa shape index (κ2) is 5.52. The van der Waals surface area contributed by atoms with Crippen LogP contribution >= 0.6 is 0 Å². The van der Waals surface area contributed by atoms with Gasteiger partial charge in [0.05, 0.1) is 0 Å². The lowest BCUT2D eigenvalue weighted by Gasteiger charge is -2.29. The zero-order chi connectivity index (χ0) is 8.85. The molecular weight excluding hydrogens is 152 g/mol. The summed E-state index contributed by atoms with van der Waals surface area (Å²) < 4.78 is 4.80. The minimum absolute atomic E-state index is 0.971. The van der Waals surface area contributed by atoms with Crippen LogP contribution in [0.15, 0.2) is 12.3 Å². The van der Waals surface area contributed by atoms with Crippen molar-refractivity contribution in [1.29, 1.82) is 0 Å². The van der Waals surface area contributed by atoms with Gasteiger partial charge in [0, 0.05) is 0 Å². The summed E-state index contributed by atoms with van der Waals surface area (Å²) >= 11 is 0. The highest BCUT2D eigenvalue weighted by Crippen LogP contribution is 1.96. The van der Waals surface area contributed by atoms with Crippen LogP contribution < -0.4 is 0 Å². The van der Waals surface area contributed by atoms with Crippen molar-refractivity contribution in [3.63, 3.8) is 0 Å². The zero-order valence-corrected chi connectivity index (χ0v) is 9.33. The van der Waals surface area contributed by atoms with Gasteiger partial charge in [0.2, 0.25) is 9.12 Å². The molecule has 0 N–H and O–H groups in total. The first-order chi connectivity index (χ1) is 5.17. The molecule has 0 radical (unpaired) electrons. The third-order valence-corrected chi connectivity index (χ3v) is 5.07. The minimum atomic E-state index is -0.971.